The molecule has 328 valence electrons. The molecule has 1 unspecified atom stereocenters. The average Bonchev–Trinajstić information content (AvgIpc) is 3.70. The van der Waals surface area contributed by atoms with Crippen LogP contribution in [0, 0.1) is 34.5 Å². The van der Waals surface area contributed by atoms with Gasteiger partial charge in [-0.05, 0) is 107 Å². The van der Waals surface area contributed by atoms with Crippen LogP contribution in [0.4, 0.5) is 0 Å². The van der Waals surface area contributed by atoms with Crippen molar-refractivity contribution in [3.05, 3.63) is 11.6 Å². The summed E-state index contributed by atoms with van der Waals surface area (Å²) in [5, 5.41) is 55.4. The van der Waals surface area contributed by atoms with E-state index in [9.17, 15) is 35.1 Å². The van der Waals surface area contributed by atoms with Crippen LogP contribution in [0.5, 0.6) is 0 Å². The first-order valence-corrected chi connectivity index (χ1v) is 21.8. The zero-order valence-corrected chi connectivity index (χ0v) is 34.8. The molecule has 0 aromatic rings. The number of aliphatic hydroxyl groups is 5. The highest BCUT2D eigenvalue weighted by molar-refractivity contribution is 5.85. The lowest BCUT2D eigenvalue weighted by atomic mass is 9.42. The Kier molecular flexibility index (Phi) is 12.0. The molecular weight excluding hydrogens is 756 g/mol. The zero-order valence-electron chi connectivity index (χ0n) is 34.8. The molecule has 0 radical (unpaired) electrons. The summed E-state index contributed by atoms with van der Waals surface area (Å²) in [7, 11) is 0. The van der Waals surface area contributed by atoms with Gasteiger partial charge in [-0.15, -0.1) is 0 Å². The van der Waals surface area contributed by atoms with E-state index in [0.29, 0.717) is 25.2 Å². The van der Waals surface area contributed by atoms with Gasteiger partial charge in [0.25, 0.3) is 0 Å². The van der Waals surface area contributed by atoms with E-state index in [1.807, 2.05) is 6.92 Å². The summed E-state index contributed by atoms with van der Waals surface area (Å²) in [5.41, 5.74) is -1.00. The van der Waals surface area contributed by atoms with Crippen LogP contribution in [-0.4, -0.2) is 136 Å². The number of cyclic esters (lactones) is 1. The largest absolute Gasteiger partial charge is 0.462 e. The highest BCUT2D eigenvalue weighted by Gasteiger charge is 2.72. The average molecular weight is 823 g/mol. The Morgan fingerprint density at radius 3 is 1.91 bits per heavy atom. The summed E-state index contributed by atoms with van der Waals surface area (Å²) in [6.07, 6.45) is -1.68. The van der Waals surface area contributed by atoms with Gasteiger partial charge in [0, 0.05) is 37.7 Å². The lowest BCUT2D eigenvalue weighted by molar-refractivity contribution is -0.336. The Bertz CT molecular complexity index is 1520. The van der Waals surface area contributed by atoms with Gasteiger partial charge in [0.15, 0.2) is 18.9 Å². The molecule has 4 aliphatic heterocycles. The van der Waals surface area contributed by atoms with Gasteiger partial charge in [0.2, 0.25) is 0 Å². The summed E-state index contributed by atoms with van der Waals surface area (Å²) in [6, 6.07) is 0. The topological polar surface area (TPSA) is 209 Å². The van der Waals surface area contributed by atoms with Gasteiger partial charge in [-0.25, -0.2) is 4.79 Å². The van der Waals surface area contributed by atoms with Crippen LogP contribution >= 0.6 is 0 Å². The minimum absolute atomic E-state index is 0.0376. The Labute approximate surface area is 341 Å². The van der Waals surface area contributed by atoms with Crippen LogP contribution in [0.25, 0.3) is 0 Å². The fourth-order valence-corrected chi connectivity index (χ4v) is 13.1. The van der Waals surface area contributed by atoms with Crippen molar-refractivity contribution >= 4 is 11.9 Å². The molecule has 7 fully saturated rings. The Hall–Kier alpha value is -1.76. The van der Waals surface area contributed by atoms with Gasteiger partial charge in [0.1, 0.15) is 31.0 Å². The first-order valence-electron chi connectivity index (χ1n) is 21.8. The molecule has 58 heavy (non-hydrogen) atoms. The molecule has 21 atom stereocenters. The van der Waals surface area contributed by atoms with E-state index < -0.39 is 90.9 Å². The lowest BCUT2D eigenvalue weighted by Gasteiger charge is -2.65. The second-order valence-corrected chi connectivity index (χ2v) is 19.4. The van der Waals surface area contributed by atoms with Gasteiger partial charge in [0.05, 0.1) is 48.3 Å². The summed E-state index contributed by atoms with van der Waals surface area (Å²) < 4.78 is 48.4. The minimum atomic E-state index is -1.05. The monoisotopic (exact) mass is 822 g/mol. The highest BCUT2D eigenvalue weighted by atomic mass is 16.7. The predicted octanol–water partition coefficient (Wildman–Crippen LogP) is 2.79. The first kappa shape index (κ1) is 42.9. The van der Waals surface area contributed by atoms with Crippen molar-refractivity contribution in [2.75, 3.05) is 6.61 Å². The number of ether oxygens (including phenoxy) is 8. The fourth-order valence-electron chi connectivity index (χ4n) is 13.1. The number of esters is 2. The second kappa shape index (κ2) is 16.2. The molecule has 8 aliphatic rings. The molecule has 4 aliphatic carbocycles. The highest BCUT2D eigenvalue weighted by Crippen LogP contribution is 2.70. The maximum atomic E-state index is 12.8. The van der Waals surface area contributed by atoms with Crippen LogP contribution in [0.1, 0.15) is 112 Å². The smallest absolute Gasteiger partial charge is 0.331 e. The van der Waals surface area contributed by atoms with Crippen molar-refractivity contribution in [1.82, 2.24) is 0 Å². The maximum absolute atomic E-state index is 12.8. The summed E-state index contributed by atoms with van der Waals surface area (Å²) >= 11 is 0. The van der Waals surface area contributed by atoms with Crippen molar-refractivity contribution in [3.8, 4) is 0 Å². The van der Waals surface area contributed by atoms with E-state index in [0.717, 1.165) is 37.7 Å². The molecule has 4 saturated carbocycles. The molecule has 0 amide bonds. The van der Waals surface area contributed by atoms with Gasteiger partial charge in [-0.1, -0.05) is 13.8 Å². The third-order valence-electron chi connectivity index (χ3n) is 16.2. The van der Waals surface area contributed by atoms with Crippen LogP contribution in [0.3, 0.4) is 0 Å². The van der Waals surface area contributed by atoms with E-state index >= 15 is 0 Å². The van der Waals surface area contributed by atoms with Crippen molar-refractivity contribution in [2.24, 2.45) is 34.5 Å². The Morgan fingerprint density at radius 1 is 0.741 bits per heavy atom. The van der Waals surface area contributed by atoms with E-state index in [1.165, 1.54) is 6.92 Å². The van der Waals surface area contributed by atoms with Gasteiger partial charge >= 0.3 is 11.9 Å². The lowest BCUT2D eigenvalue weighted by Crippen LogP contribution is -2.67. The van der Waals surface area contributed by atoms with Crippen LogP contribution in [0.15, 0.2) is 11.6 Å². The normalized spacial score (nSPS) is 53.2. The zero-order chi connectivity index (χ0) is 41.5. The molecule has 4 heterocycles. The summed E-state index contributed by atoms with van der Waals surface area (Å²) in [5.74, 6) is -0.318. The van der Waals surface area contributed by atoms with E-state index in [1.54, 1.807) is 19.9 Å². The quantitative estimate of drug-likeness (QED) is 0.176. The first-order chi connectivity index (χ1) is 27.4. The van der Waals surface area contributed by atoms with E-state index in [-0.39, 0.29) is 67.1 Å². The third kappa shape index (κ3) is 7.49. The van der Waals surface area contributed by atoms with E-state index in [4.69, 9.17) is 37.9 Å². The minimum Gasteiger partial charge on any atom is -0.462 e. The Balaban J connectivity index is 0.862. The van der Waals surface area contributed by atoms with E-state index in [2.05, 4.69) is 13.8 Å². The maximum Gasteiger partial charge on any atom is 0.331 e. The number of carbonyl (C=O) groups excluding carboxylic acids is 2. The van der Waals surface area contributed by atoms with Crippen molar-refractivity contribution in [1.29, 1.82) is 0 Å². The van der Waals surface area contributed by atoms with Gasteiger partial charge in [-0.2, -0.15) is 0 Å². The molecule has 15 heteroatoms. The molecule has 0 aromatic carbocycles. The molecule has 0 bridgehead atoms. The second-order valence-electron chi connectivity index (χ2n) is 19.4. The van der Waals surface area contributed by atoms with Crippen molar-refractivity contribution in [2.45, 2.75) is 204 Å². The molecule has 8 rings (SSSR count). The van der Waals surface area contributed by atoms with Crippen LogP contribution < -0.4 is 0 Å². The molecule has 3 saturated heterocycles. The molecular formula is C43H66O15. The number of aliphatic hydroxyl groups excluding tert-OH is 4. The number of hydrogen-bond acceptors (Lipinski definition) is 15. The van der Waals surface area contributed by atoms with Crippen LogP contribution in [0.2, 0.25) is 0 Å². The number of hydrogen-bond donors (Lipinski definition) is 5. The Morgan fingerprint density at radius 2 is 1.34 bits per heavy atom. The summed E-state index contributed by atoms with van der Waals surface area (Å²) in [6.45, 7) is 11.3. The van der Waals surface area contributed by atoms with Gasteiger partial charge < -0.3 is 63.4 Å². The number of carbonyl (C=O) groups is 2. The van der Waals surface area contributed by atoms with Crippen molar-refractivity contribution in [3.63, 3.8) is 0 Å². The van der Waals surface area contributed by atoms with Crippen molar-refractivity contribution < 1.29 is 73.0 Å². The summed E-state index contributed by atoms with van der Waals surface area (Å²) in [4.78, 5) is 24.7. The van der Waals surface area contributed by atoms with Gasteiger partial charge in [-0.3, -0.25) is 4.79 Å². The standard InChI is InChI=1S/C43H66O15/c1-20-38(49)30(45)16-36(52-20)57-40-22(3)54-37(18-32(40)47)58-39-21(2)53-35(17-31(39)46)56-26-9-11-41(5)25(14-26)7-8-28-29(41)15-33(55-23(4)44)42(6)27(10-12-43(28,42)50)24-13-34(48)51-19-24/h13,20-22,25-33,35-40,45-47,49-50H,7-12,14-19H2,1-6H3/t20-,21-,22-,25-,26+,27?,28-,29+,30+,31+,32+,33-,35+,36+,37+,38-,39-,40-,41+,42+,43+/m1/s1. The van der Waals surface area contributed by atoms with Crippen LogP contribution in [-0.2, 0) is 47.5 Å². The predicted molar refractivity (Wildman–Crippen MR) is 202 cm³/mol. The molecule has 0 spiro atoms. The number of rotatable bonds is 8. The SMILES string of the molecule is CC(=O)O[C@@H]1C[C@H]2[C@@H](CC[C@@H]3C[C@@H](O[C@H]4C[C@H](O)[C@H](O[C@H]5C[C@H](O)[C@H](O[C@H]6C[C@H](O)[C@H](O)[C@@H](C)O6)[C@@H](C)O5)[C@@H](C)O4)CC[C@@]32C)[C@@]2(O)CCC(C3=CC(=O)OC3)[C@@]12C. The third-order valence-corrected chi connectivity index (χ3v) is 16.2. The fraction of sp³-hybridized carbons (Fsp3) is 0.907. The molecule has 5 N–H and O–H groups in total. The molecule has 15 nitrogen and oxygen atoms in total. The number of fused-ring (bicyclic) bond motifs is 5. The molecule has 0 aromatic heterocycles.